The minimum atomic E-state index is -3.65. The molecule has 104 valence electrons. The van der Waals surface area contributed by atoms with E-state index < -0.39 is 10.0 Å². The van der Waals surface area contributed by atoms with Crippen LogP contribution < -0.4 is 10.5 Å². The van der Waals surface area contributed by atoms with E-state index in [9.17, 15) is 8.42 Å². The maximum atomic E-state index is 12.1. The summed E-state index contributed by atoms with van der Waals surface area (Å²) in [5, 5.41) is 10.7. The van der Waals surface area contributed by atoms with Gasteiger partial charge < -0.3 is 5.73 Å². The van der Waals surface area contributed by atoms with Gasteiger partial charge in [-0.3, -0.25) is 0 Å². The molecule has 0 unspecified atom stereocenters. The predicted molar refractivity (Wildman–Crippen MR) is 78.8 cm³/mol. The van der Waals surface area contributed by atoms with Gasteiger partial charge in [0.05, 0.1) is 17.3 Å². The number of benzene rings is 1. The Bertz CT molecular complexity index is 731. The molecule has 1 heterocycles. The van der Waals surface area contributed by atoms with Gasteiger partial charge in [-0.25, -0.2) is 13.1 Å². The molecule has 2 aromatic rings. The van der Waals surface area contributed by atoms with Crippen molar-refractivity contribution in [3.8, 4) is 6.07 Å². The Hall–Kier alpha value is -1.88. The lowest BCUT2D eigenvalue weighted by atomic mass is 10.2. The van der Waals surface area contributed by atoms with Crippen LogP contribution >= 0.6 is 11.3 Å². The number of nitriles is 1. The zero-order valence-electron chi connectivity index (χ0n) is 10.5. The summed E-state index contributed by atoms with van der Waals surface area (Å²) < 4.78 is 26.7. The van der Waals surface area contributed by atoms with Crippen LogP contribution in [-0.4, -0.2) is 15.0 Å². The average Bonchev–Trinajstić information content (AvgIpc) is 2.91. The number of nitrogens with two attached hydrogens (primary N) is 1. The van der Waals surface area contributed by atoms with E-state index >= 15 is 0 Å². The van der Waals surface area contributed by atoms with Crippen molar-refractivity contribution in [3.05, 3.63) is 46.2 Å². The standard InChI is InChI=1S/C13H13N3O2S2/c14-9-10-3-4-13(12(15)8-10)20(17,18)16-6-5-11-2-1-7-19-11/h1-4,7-8,16H,5-6,15H2. The van der Waals surface area contributed by atoms with Crippen molar-refractivity contribution >= 4 is 27.0 Å². The smallest absolute Gasteiger partial charge is 0.242 e. The number of hydrogen-bond donors (Lipinski definition) is 2. The van der Waals surface area contributed by atoms with E-state index in [0.29, 0.717) is 18.5 Å². The minimum absolute atomic E-state index is 0.00248. The molecule has 0 bridgehead atoms. The molecule has 0 saturated heterocycles. The van der Waals surface area contributed by atoms with Gasteiger partial charge in [0.2, 0.25) is 10.0 Å². The third-order valence-corrected chi connectivity index (χ3v) is 5.14. The number of thiophene rings is 1. The third kappa shape index (κ3) is 3.36. The minimum Gasteiger partial charge on any atom is -0.398 e. The lowest BCUT2D eigenvalue weighted by molar-refractivity contribution is 0.582. The van der Waals surface area contributed by atoms with Crippen molar-refractivity contribution in [3.63, 3.8) is 0 Å². The Morgan fingerprint density at radius 1 is 1.35 bits per heavy atom. The molecule has 0 saturated carbocycles. The zero-order chi connectivity index (χ0) is 14.6. The molecule has 1 aromatic carbocycles. The van der Waals surface area contributed by atoms with Crippen LogP contribution in [-0.2, 0) is 16.4 Å². The number of hydrogen-bond acceptors (Lipinski definition) is 5. The largest absolute Gasteiger partial charge is 0.398 e. The summed E-state index contributed by atoms with van der Waals surface area (Å²) in [5.74, 6) is 0. The van der Waals surface area contributed by atoms with E-state index in [-0.39, 0.29) is 10.6 Å². The van der Waals surface area contributed by atoms with Crippen LogP contribution in [0.5, 0.6) is 0 Å². The normalized spacial score (nSPS) is 11.2. The maximum Gasteiger partial charge on any atom is 0.242 e. The van der Waals surface area contributed by atoms with Crippen LogP contribution in [0.15, 0.2) is 40.6 Å². The van der Waals surface area contributed by atoms with Gasteiger partial charge in [-0.05, 0) is 36.1 Å². The highest BCUT2D eigenvalue weighted by Crippen LogP contribution is 2.19. The molecule has 0 aliphatic rings. The quantitative estimate of drug-likeness (QED) is 0.822. The molecule has 2 rings (SSSR count). The lowest BCUT2D eigenvalue weighted by Crippen LogP contribution is -2.26. The van der Waals surface area contributed by atoms with Gasteiger partial charge in [0.25, 0.3) is 0 Å². The van der Waals surface area contributed by atoms with Gasteiger partial charge in [0.15, 0.2) is 0 Å². The van der Waals surface area contributed by atoms with Crippen LogP contribution in [0.25, 0.3) is 0 Å². The first-order valence-corrected chi connectivity index (χ1v) is 8.21. The monoisotopic (exact) mass is 307 g/mol. The highest BCUT2D eigenvalue weighted by atomic mass is 32.2. The van der Waals surface area contributed by atoms with E-state index in [1.165, 1.54) is 18.2 Å². The topological polar surface area (TPSA) is 96.0 Å². The second kappa shape index (κ2) is 6.05. The number of nitrogens with one attached hydrogen (secondary N) is 1. The summed E-state index contributed by atoms with van der Waals surface area (Å²) in [6.07, 6.45) is 0.632. The molecule has 0 spiro atoms. The molecule has 1 aromatic heterocycles. The van der Waals surface area contributed by atoms with Gasteiger partial charge in [0, 0.05) is 11.4 Å². The lowest BCUT2D eigenvalue weighted by Gasteiger charge is -2.08. The Balaban J connectivity index is 2.08. The molecule has 0 atom stereocenters. The molecular weight excluding hydrogens is 294 g/mol. The molecule has 3 N–H and O–H groups in total. The molecule has 0 amide bonds. The van der Waals surface area contributed by atoms with E-state index in [0.717, 1.165) is 4.88 Å². The van der Waals surface area contributed by atoms with Gasteiger partial charge in [-0.1, -0.05) is 6.07 Å². The van der Waals surface area contributed by atoms with Crippen LogP contribution in [0.2, 0.25) is 0 Å². The zero-order valence-corrected chi connectivity index (χ0v) is 12.2. The first-order valence-electron chi connectivity index (χ1n) is 5.84. The Morgan fingerprint density at radius 2 is 2.15 bits per heavy atom. The molecule has 0 fully saturated rings. The third-order valence-electron chi connectivity index (χ3n) is 2.67. The fourth-order valence-electron chi connectivity index (χ4n) is 1.70. The highest BCUT2D eigenvalue weighted by Gasteiger charge is 2.17. The number of rotatable bonds is 5. The van der Waals surface area contributed by atoms with Crippen LogP contribution in [0.4, 0.5) is 5.69 Å². The molecule has 20 heavy (non-hydrogen) atoms. The second-order valence-corrected chi connectivity index (χ2v) is 6.86. The predicted octanol–water partition coefficient (Wildman–Crippen LogP) is 1.72. The van der Waals surface area contributed by atoms with E-state index in [4.69, 9.17) is 11.0 Å². The number of nitrogens with zero attached hydrogens (tertiary/aromatic N) is 1. The van der Waals surface area contributed by atoms with Crippen LogP contribution in [0.3, 0.4) is 0 Å². The summed E-state index contributed by atoms with van der Waals surface area (Å²) in [6, 6.07) is 9.93. The van der Waals surface area contributed by atoms with Crippen LogP contribution in [0.1, 0.15) is 10.4 Å². The van der Waals surface area contributed by atoms with E-state index in [1.54, 1.807) is 11.3 Å². The van der Waals surface area contributed by atoms with Crippen molar-refractivity contribution in [2.24, 2.45) is 0 Å². The summed E-state index contributed by atoms with van der Waals surface area (Å²) in [5.41, 5.74) is 6.09. The summed E-state index contributed by atoms with van der Waals surface area (Å²) in [4.78, 5) is 1.11. The van der Waals surface area contributed by atoms with Gasteiger partial charge in [-0.15, -0.1) is 11.3 Å². The molecular formula is C13H13N3O2S2. The number of sulfonamides is 1. The molecule has 7 heteroatoms. The summed E-state index contributed by atoms with van der Waals surface area (Å²) >= 11 is 1.58. The number of anilines is 1. The Labute approximate surface area is 121 Å². The van der Waals surface area contributed by atoms with Crippen LogP contribution in [0, 0.1) is 11.3 Å². The molecule has 0 radical (unpaired) electrons. The van der Waals surface area contributed by atoms with E-state index in [1.807, 2.05) is 23.6 Å². The maximum absolute atomic E-state index is 12.1. The molecule has 0 aliphatic carbocycles. The second-order valence-electron chi connectivity index (χ2n) is 4.09. The number of nitrogen functional groups attached to an aromatic ring is 1. The SMILES string of the molecule is N#Cc1ccc(S(=O)(=O)NCCc2cccs2)c(N)c1. The Morgan fingerprint density at radius 3 is 2.75 bits per heavy atom. The molecule has 0 aliphatic heterocycles. The first-order chi connectivity index (χ1) is 9.53. The van der Waals surface area contributed by atoms with Crippen molar-refractivity contribution < 1.29 is 8.42 Å². The first kappa shape index (κ1) is 14.5. The average molecular weight is 307 g/mol. The summed E-state index contributed by atoms with van der Waals surface area (Å²) in [7, 11) is -3.65. The highest BCUT2D eigenvalue weighted by molar-refractivity contribution is 7.89. The van der Waals surface area contributed by atoms with Gasteiger partial charge >= 0.3 is 0 Å². The summed E-state index contributed by atoms with van der Waals surface area (Å²) in [6.45, 7) is 0.308. The van der Waals surface area contributed by atoms with E-state index in [2.05, 4.69) is 4.72 Å². The fraction of sp³-hybridized carbons (Fsp3) is 0.154. The van der Waals surface area contributed by atoms with Gasteiger partial charge in [0.1, 0.15) is 4.90 Å². The van der Waals surface area contributed by atoms with Gasteiger partial charge in [-0.2, -0.15) is 5.26 Å². The van der Waals surface area contributed by atoms with Crippen molar-refractivity contribution in [1.29, 1.82) is 5.26 Å². The van der Waals surface area contributed by atoms with Crippen molar-refractivity contribution in [2.45, 2.75) is 11.3 Å². The molecule has 5 nitrogen and oxygen atoms in total. The van der Waals surface area contributed by atoms with Crippen molar-refractivity contribution in [1.82, 2.24) is 4.72 Å². The fourth-order valence-corrected chi connectivity index (χ4v) is 3.56. The Kier molecular flexibility index (Phi) is 4.39. The van der Waals surface area contributed by atoms with Crippen molar-refractivity contribution in [2.75, 3.05) is 12.3 Å².